The molecule has 0 aliphatic rings. The highest BCUT2D eigenvalue weighted by Gasteiger charge is 2.30. The first-order valence-electron chi connectivity index (χ1n) is 6.10. The van der Waals surface area contributed by atoms with Gasteiger partial charge in [0.05, 0.1) is 17.5 Å². The molecule has 0 saturated carbocycles. The van der Waals surface area contributed by atoms with Crippen LogP contribution in [0.25, 0.3) is 22.4 Å². The van der Waals surface area contributed by atoms with Crippen LogP contribution in [0.3, 0.4) is 0 Å². The van der Waals surface area contributed by atoms with Gasteiger partial charge in [0.25, 0.3) is 5.92 Å². The van der Waals surface area contributed by atoms with Gasteiger partial charge in [0.15, 0.2) is 22.4 Å². The highest BCUT2D eigenvalue weighted by molar-refractivity contribution is 6.30. The van der Waals surface area contributed by atoms with Crippen molar-refractivity contribution in [3.8, 4) is 11.3 Å². The molecule has 0 radical (unpaired) electrons. The van der Waals surface area contributed by atoms with Crippen molar-refractivity contribution in [1.29, 1.82) is 0 Å². The van der Waals surface area contributed by atoms with Gasteiger partial charge in [-0.1, -0.05) is 11.6 Å². The third-order valence-corrected chi connectivity index (χ3v) is 3.28. The van der Waals surface area contributed by atoms with Crippen LogP contribution in [0.4, 0.5) is 17.6 Å². The van der Waals surface area contributed by atoms with Crippen LogP contribution in [-0.4, -0.2) is 15.0 Å². The Hall–Kier alpha value is -2.42. The Morgan fingerprint density at radius 2 is 2.04 bits per heavy atom. The summed E-state index contributed by atoms with van der Waals surface area (Å²) in [5.41, 5.74) is -1.91. The summed E-state index contributed by atoms with van der Waals surface area (Å²) < 4.78 is 58.5. The van der Waals surface area contributed by atoms with Crippen LogP contribution in [0.5, 0.6) is 0 Å². The molecule has 5 nitrogen and oxygen atoms in total. The lowest BCUT2D eigenvalue weighted by Gasteiger charge is -2.11. The number of alkyl halides is 2. The van der Waals surface area contributed by atoms with E-state index < -0.39 is 39.7 Å². The Morgan fingerprint density at radius 1 is 1.35 bits per heavy atom. The van der Waals surface area contributed by atoms with Crippen molar-refractivity contribution in [2.45, 2.75) is 12.8 Å². The fraction of sp³-hybridized carbons (Fsp3) is 0.154. The van der Waals surface area contributed by atoms with Gasteiger partial charge < -0.3 is 4.42 Å². The van der Waals surface area contributed by atoms with Crippen molar-refractivity contribution in [3.05, 3.63) is 45.3 Å². The lowest BCUT2D eigenvalue weighted by molar-refractivity contribution is 0.0125. The normalized spacial score (nSPS) is 12.1. The van der Waals surface area contributed by atoms with Crippen LogP contribution in [0.1, 0.15) is 12.6 Å². The number of fused-ring (bicyclic) bond motifs is 1. The third-order valence-electron chi connectivity index (χ3n) is 3.02. The van der Waals surface area contributed by atoms with Gasteiger partial charge in [-0.15, -0.1) is 0 Å². The zero-order chi connectivity index (χ0) is 16.9. The minimum absolute atomic E-state index is 0.155. The molecule has 1 N–H and O–H groups in total. The highest BCUT2D eigenvalue weighted by atomic mass is 35.5. The molecule has 0 amide bonds. The molecule has 0 bridgehead atoms. The van der Waals surface area contributed by atoms with E-state index in [4.69, 9.17) is 16.0 Å². The van der Waals surface area contributed by atoms with Gasteiger partial charge in [-0.3, -0.25) is 4.98 Å². The Labute approximate surface area is 129 Å². The number of aromatic nitrogens is 3. The number of oxazole rings is 1. The summed E-state index contributed by atoms with van der Waals surface area (Å²) in [6, 6.07) is 0.707. The lowest BCUT2D eigenvalue weighted by atomic mass is 10.1. The molecular formula is C13H6ClF4N3O2. The molecule has 10 heteroatoms. The molecule has 0 unspecified atom stereocenters. The van der Waals surface area contributed by atoms with Crippen LogP contribution in [-0.2, 0) is 5.92 Å². The number of benzene rings is 1. The Bertz CT molecular complexity index is 978. The molecule has 0 atom stereocenters. The van der Waals surface area contributed by atoms with Crippen molar-refractivity contribution in [3.63, 3.8) is 0 Å². The number of nitrogens with one attached hydrogen (secondary N) is 1. The smallest absolute Gasteiger partial charge is 0.407 e. The number of H-pyrrole nitrogens is 1. The fourth-order valence-corrected chi connectivity index (χ4v) is 2.33. The molecule has 3 aromatic rings. The van der Waals surface area contributed by atoms with Gasteiger partial charge in [0, 0.05) is 6.92 Å². The number of aromatic amines is 1. The zero-order valence-electron chi connectivity index (χ0n) is 11.3. The molecule has 0 aliphatic heterocycles. The average molecular weight is 348 g/mol. The van der Waals surface area contributed by atoms with Crippen LogP contribution < -0.4 is 5.76 Å². The first kappa shape index (κ1) is 15.5. The lowest BCUT2D eigenvalue weighted by Crippen LogP contribution is -2.11. The minimum Gasteiger partial charge on any atom is -0.407 e. The maximum Gasteiger partial charge on any atom is 0.417 e. The van der Waals surface area contributed by atoms with Crippen LogP contribution in [0, 0.1) is 11.6 Å². The average Bonchev–Trinajstić information content (AvgIpc) is 2.83. The SMILES string of the molecule is CC(F)(F)c1ncc(-c2cc(F)c(F)c3[nH]c(=O)oc23)nc1Cl. The van der Waals surface area contributed by atoms with Crippen molar-refractivity contribution in [2.24, 2.45) is 0 Å². The van der Waals surface area contributed by atoms with Crippen molar-refractivity contribution in [1.82, 2.24) is 15.0 Å². The van der Waals surface area contributed by atoms with E-state index >= 15 is 0 Å². The number of hydrogen-bond acceptors (Lipinski definition) is 4. The van der Waals surface area contributed by atoms with Crippen LogP contribution >= 0.6 is 11.6 Å². The van der Waals surface area contributed by atoms with Gasteiger partial charge in [-0.05, 0) is 6.07 Å². The summed E-state index contributed by atoms with van der Waals surface area (Å²) in [6.07, 6.45) is 0.901. The second-order valence-corrected chi connectivity index (χ2v) is 5.08. The Morgan fingerprint density at radius 3 is 2.65 bits per heavy atom. The summed E-state index contributed by atoms with van der Waals surface area (Å²) in [5, 5.41) is -0.606. The first-order chi connectivity index (χ1) is 10.7. The van der Waals surface area contributed by atoms with E-state index in [1.54, 1.807) is 0 Å². The monoisotopic (exact) mass is 347 g/mol. The molecule has 0 spiro atoms. The molecule has 120 valence electrons. The standard InChI is InChI=1S/C13H6ClF4N3O2/c1-13(17,18)10-11(14)20-6(3-19-10)4-2-5(15)7(16)8-9(4)23-12(22)21-8/h2-3H,1H3,(H,21,22). The molecule has 3 rings (SSSR count). The molecule has 2 heterocycles. The van der Waals surface area contributed by atoms with Crippen molar-refractivity contribution in [2.75, 3.05) is 0 Å². The fourth-order valence-electron chi connectivity index (χ4n) is 2.03. The van der Waals surface area contributed by atoms with E-state index in [2.05, 4.69) is 9.97 Å². The number of nitrogens with zero attached hydrogens (tertiary/aromatic N) is 2. The maximum atomic E-state index is 13.6. The molecular weight excluding hydrogens is 342 g/mol. The van der Waals surface area contributed by atoms with E-state index in [1.165, 1.54) is 0 Å². The van der Waals surface area contributed by atoms with Crippen LogP contribution in [0.2, 0.25) is 5.15 Å². The number of rotatable bonds is 2. The number of halogens is 5. The van der Waals surface area contributed by atoms with Gasteiger partial charge in [-0.2, -0.15) is 8.78 Å². The number of hydrogen-bond donors (Lipinski definition) is 1. The van der Waals surface area contributed by atoms with Crippen molar-refractivity contribution >= 4 is 22.7 Å². The first-order valence-corrected chi connectivity index (χ1v) is 6.48. The second-order valence-electron chi connectivity index (χ2n) is 4.72. The molecule has 1 aromatic carbocycles. The molecule has 23 heavy (non-hydrogen) atoms. The summed E-state index contributed by atoms with van der Waals surface area (Å²) >= 11 is 5.67. The van der Waals surface area contributed by atoms with E-state index in [9.17, 15) is 22.4 Å². The summed E-state index contributed by atoms with van der Waals surface area (Å²) in [5.74, 6) is -6.94. The summed E-state index contributed by atoms with van der Waals surface area (Å²) in [6.45, 7) is 0.587. The van der Waals surface area contributed by atoms with Gasteiger partial charge in [-0.25, -0.2) is 23.5 Å². The second kappa shape index (κ2) is 5.05. The van der Waals surface area contributed by atoms with E-state index in [1.807, 2.05) is 4.98 Å². The molecule has 2 aromatic heterocycles. The summed E-state index contributed by atoms with van der Waals surface area (Å²) in [7, 11) is 0. The Kier molecular flexibility index (Phi) is 3.40. The maximum absolute atomic E-state index is 13.6. The van der Waals surface area contributed by atoms with Crippen LogP contribution in [0.15, 0.2) is 21.5 Å². The summed E-state index contributed by atoms with van der Waals surface area (Å²) in [4.78, 5) is 20.4. The van der Waals surface area contributed by atoms with Gasteiger partial charge in [0.2, 0.25) is 0 Å². The zero-order valence-corrected chi connectivity index (χ0v) is 12.0. The van der Waals surface area contributed by atoms with Gasteiger partial charge in [0.1, 0.15) is 11.2 Å². The molecule has 0 aliphatic carbocycles. The topological polar surface area (TPSA) is 71.8 Å². The van der Waals surface area contributed by atoms with E-state index in [0.717, 1.165) is 6.20 Å². The molecule has 0 fully saturated rings. The van der Waals surface area contributed by atoms with E-state index in [-0.39, 0.29) is 16.8 Å². The van der Waals surface area contributed by atoms with E-state index in [0.29, 0.717) is 13.0 Å². The largest absolute Gasteiger partial charge is 0.417 e. The van der Waals surface area contributed by atoms with Crippen molar-refractivity contribution < 1.29 is 22.0 Å². The predicted octanol–water partition coefficient (Wildman–Crippen LogP) is 3.62. The van der Waals surface area contributed by atoms with Gasteiger partial charge >= 0.3 is 5.76 Å². The molecule has 0 saturated heterocycles. The third kappa shape index (κ3) is 2.56. The Balaban J connectivity index is 2.27. The highest BCUT2D eigenvalue weighted by Crippen LogP contribution is 2.34. The quantitative estimate of drug-likeness (QED) is 0.719. The minimum atomic E-state index is -3.33. The predicted molar refractivity (Wildman–Crippen MR) is 72.4 cm³/mol.